The quantitative estimate of drug-likeness (QED) is 0.0978. The first-order chi connectivity index (χ1) is 17.6. The summed E-state index contributed by atoms with van der Waals surface area (Å²) in [5.74, 6) is 1.27. The van der Waals surface area contributed by atoms with Crippen LogP contribution in [0.5, 0.6) is 5.75 Å². The van der Waals surface area contributed by atoms with Crippen LogP contribution in [0, 0.1) is 0 Å². The molecule has 0 saturated carbocycles. The lowest BCUT2D eigenvalue weighted by Gasteiger charge is -2.08. The van der Waals surface area contributed by atoms with Crippen molar-refractivity contribution in [2.24, 2.45) is 0 Å². The molecule has 0 radical (unpaired) electrons. The molecule has 4 nitrogen and oxygen atoms in total. The summed E-state index contributed by atoms with van der Waals surface area (Å²) in [4.78, 5) is 3.53. The summed E-state index contributed by atoms with van der Waals surface area (Å²) in [6.45, 7) is 3.81. The van der Waals surface area contributed by atoms with Gasteiger partial charge < -0.3 is 5.11 Å². The Hall–Kier alpha value is -1.53. The van der Waals surface area contributed by atoms with Gasteiger partial charge in [-0.05, 0) is 46.6 Å². The second kappa shape index (κ2) is 16.3. The number of anilines is 1. The molecule has 3 N–H and O–H groups in total. The summed E-state index contributed by atoms with van der Waals surface area (Å²) in [5, 5.41) is 13.9. The van der Waals surface area contributed by atoms with Crippen molar-refractivity contribution >= 4 is 48.8 Å². The predicted molar refractivity (Wildman–Crippen MR) is 160 cm³/mol. The van der Waals surface area contributed by atoms with Crippen LogP contribution in [0.1, 0.15) is 102 Å². The Kier molecular flexibility index (Phi) is 13.2. The Balaban J connectivity index is 1.39. The lowest BCUT2D eigenvalue weighted by Crippen LogP contribution is -2.36. The van der Waals surface area contributed by atoms with Crippen LogP contribution in [0.4, 0.5) is 5.95 Å². The number of H-pyrrole nitrogens is 1. The van der Waals surface area contributed by atoms with Gasteiger partial charge in [0.15, 0.2) is 0 Å². The van der Waals surface area contributed by atoms with Gasteiger partial charge in [0, 0.05) is 10.0 Å². The van der Waals surface area contributed by atoms with E-state index in [0.29, 0.717) is 11.0 Å². The second-order valence-electron chi connectivity index (χ2n) is 9.99. The molecule has 0 amide bonds. The van der Waals surface area contributed by atoms with Crippen LogP contribution in [-0.2, 0) is 13.1 Å². The highest BCUT2D eigenvalue weighted by atomic mass is 79.9. The number of unbranched alkanes of at least 4 members (excludes halogenated alkanes) is 13. The van der Waals surface area contributed by atoms with Crippen molar-refractivity contribution in [1.29, 1.82) is 0 Å². The maximum absolute atomic E-state index is 10.4. The van der Waals surface area contributed by atoms with Crippen molar-refractivity contribution in [3.8, 4) is 5.75 Å². The van der Waals surface area contributed by atoms with Crippen LogP contribution in [-0.4, -0.2) is 10.1 Å². The molecule has 0 bridgehead atoms. The number of para-hydroxylation sites is 2. The molecule has 0 aliphatic carbocycles. The summed E-state index contributed by atoms with van der Waals surface area (Å²) < 4.78 is 3.98. The fourth-order valence-corrected chi connectivity index (χ4v) is 6.21. The van der Waals surface area contributed by atoms with Gasteiger partial charge in [0.05, 0.1) is 17.6 Å². The first-order valence-corrected chi connectivity index (χ1v) is 15.6. The van der Waals surface area contributed by atoms with E-state index >= 15 is 0 Å². The van der Waals surface area contributed by atoms with Gasteiger partial charge in [-0.1, -0.05) is 118 Å². The maximum Gasteiger partial charge on any atom is 0.356 e. The van der Waals surface area contributed by atoms with Gasteiger partial charge in [0.2, 0.25) is 0 Å². The van der Waals surface area contributed by atoms with Crippen molar-refractivity contribution < 1.29 is 9.67 Å². The molecule has 2 aromatic carbocycles. The van der Waals surface area contributed by atoms with Gasteiger partial charge >= 0.3 is 5.95 Å². The Morgan fingerprint density at radius 3 is 2.03 bits per heavy atom. The van der Waals surface area contributed by atoms with E-state index in [0.717, 1.165) is 28.0 Å². The number of aromatic hydroxyl groups is 1. The number of aromatic amines is 1. The lowest BCUT2D eigenvalue weighted by molar-refractivity contribution is -0.657. The molecule has 0 aliphatic heterocycles. The normalized spacial score (nSPS) is 11.4. The van der Waals surface area contributed by atoms with Crippen molar-refractivity contribution in [3.05, 3.63) is 50.9 Å². The highest BCUT2D eigenvalue weighted by Gasteiger charge is 2.18. The molecular formula is C30H44Br2N3O+. The minimum absolute atomic E-state index is 0.278. The molecule has 6 heteroatoms. The zero-order chi connectivity index (χ0) is 25.6. The maximum atomic E-state index is 10.4. The number of phenolic OH excluding ortho intramolecular Hbond substituents is 1. The average molecular weight is 623 g/mol. The fraction of sp³-hybridized carbons (Fsp3) is 0.567. The molecule has 0 atom stereocenters. The zero-order valence-electron chi connectivity index (χ0n) is 21.9. The minimum Gasteiger partial charge on any atom is -0.506 e. The topological polar surface area (TPSA) is 51.9 Å². The highest BCUT2D eigenvalue weighted by molar-refractivity contribution is 9.11. The molecule has 3 aromatic rings. The molecule has 0 fully saturated rings. The number of phenols is 1. The van der Waals surface area contributed by atoms with Crippen LogP contribution in [0.3, 0.4) is 0 Å². The van der Waals surface area contributed by atoms with E-state index in [1.807, 2.05) is 12.1 Å². The Morgan fingerprint density at radius 2 is 1.39 bits per heavy atom. The predicted octanol–water partition coefficient (Wildman–Crippen LogP) is 9.78. The van der Waals surface area contributed by atoms with Crippen LogP contribution in [0.15, 0.2) is 45.3 Å². The van der Waals surface area contributed by atoms with Crippen molar-refractivity contribution in [1.82, 2.24) is 4.98 Å². The third kappa shape index (κ3) is 9.41. The summed E-state index contributed by atoms with van der Waals surface area (Å²) in [6.07, 6.45) is 19.2. The molecule has 0 saturated heterocycles. The highest BCUT2D eigenvalue weighted by Crippen LogP contribution is 2.32. The van der Waals surface area contributed by atoms with E-state index in [1.54, 1.807) is 0 Å². The number of fused-ring (bicyclic) bond motifs is 1. The van der Waals surface area contributed by atoms with Gasteiger partial charge in [-0.2, -0.15) is 0 Å². The van der Waals surface area contributed by atoms with E-state index < -0.39 is 0 Å². The number of rotatable bonds is 18. The lowest BCUT2D eigenvalue weighted by atomic mass is 10.0. The van der Waals surface area contributed by atoms with Crippen molar-refractivity contribution in [3.63, 3.8) is 0 Å². The Labute approximate surface area is 234 Å². The smallest absolute Gasteiger partial charge is 0.356 e. The monoisotopic (exact) mass is 620 g/mol. The third-order valence-electron chi connectivity index (χ3n) is 7.01. The number of nitrogens with one attached hydrogen (secondary N) is 2. The number of benzene rings is 2. The average Bonchev–Trinajstić information content (AvgIpc) is 3.23. The van der Waals surface area contributed by atoms with Gasteiger partial charge in [-0.3, -0.25) is 5.32 Å². The van der Waals surface area contributed by atoms with Crippen LogP contribution in [0.2, 0.25) is 0 Å². The summed E-state index contributed by atoms with van der Waals surface area (Å²) in [7, 11) is 0. The van der Waals surface area contributed by atoms with Crippen molar-refractivity contribution in [2.75, 3.05) is 5.32 Å². The van der Waals surface area contributed by atoms with Gasteiger partial charge in [0.1, 0.15) is 16.8 Å². The molecule has 0 aliphatic rings. The molecule has 1 aromatic heterocycles. The third-order valence-corrected chi connectivity index (χ3v) is 8.07. The number of aryl methyl sites for hydroxylation is 1. The number of imidazole rings is 1. The number of aromatic nitrogens is 2. The number of hydrogen-bond donors (Lipinski definition) is 3. The van der Waals surface area contributed by atoms with Gasteiger partial charge in [0.25, 0.3) is 0 Å². The Bertz CT molecular complexity index is 1050. The van der Waals surface area contributed by atoms with E-state index in [4.69, 9.17) is 0 Å². The first-order valence-electron chi connectivity index (χ1n) is 14.0. The van der Waals surface area contributed by atoms with Crippen molar-refractivity contribution in [2.45, 2.75) is 110 Å². The molecule has 36 heavy (non-hydrogen) atoms. The van der Waals surface area contributed by atoms with Crippen LogP contribution >= 0.6 is 31.9 Å². The molecule has 198 valence electrons. The summed E-state index contributed by atoms with van der Waals surface area (Å²) in [5.41, 5.74) is 3.19. The molecule has 3 rings (SSSR count). The molecule has 1 heterocycles. The van der Waals surface area contributed by atoms with Crippen LogP contribution in [0.25, 0.3) is 11.0 Å². The minimum atomic E-state index is 0.278. The summed E-state index contributed by atoms with van der Waals surface area (Å²) >= 11 is 6.95. The second-order valence-corrected chi connectivity index (χ2v) is 11.8. The number of hydrogen-bond acceptors (Lipinski definition) is 2. The standard InChI is InChI=1S/C30H43Br2N3O/c1-2-3-4-5-6-7-8-9-10-11-12-13-14-17-20-35-28-19-16-15-18-27(28)34-30(35)33-23-24-21-25(31)22-26(32)29(24)36/h15-16,18-19,21-22H,2-14,17,20,23H2,1H3,(H2,33,34,36)/p+1. The number of halogens is 2. The number of nitrogens with zero attached hydrogens (tertiary/aromatic N) is 1. The van der Waals surface area contributed by atoms with E-state index in [2.05, 4.69) is 77.9 Å². The molecular weight excluding hydrogens is 578 g/mol. The van der Waals surface area contributed by atoms with Gasteiger partial charge in [-0.15, -0.1) is 0 Å². The SMILES string of the molecule is CCCCCCCCCCCCCCCC[n+]1c(NCc2cc(Br)cc(Br)c2O)[nH]c2ccccc21. The summed E-state index contributed by atoms with van der Waals surface area (Å²) in [6, 6.07) is 12.3. The molecule has 0 spiro atoms. The van der Waals surface area contributed by atoms with Gasteiger partial charge in [-0.25, -0.2) is 9.55 Å². The first kappa shape index (κ1) is 29.0. The van der Waals surface area contributed by atoms with E-state index in [1.165, 1.54) is 95.4 Å². The Morgan fingerprint density at radius 1 is 0.806 bits per heavy atom. The molecule has 0 unspecified atom stereocenters. The fourth-order valence-electron chi connectivity index (χ4n) is 4.90. The largest absolute Gasteiger partial charge is 0.506 e. The van der Waals surface area contributed by atoms with E-state index in [9.17, 15) is 5.11 Å². The zero-order valence-corrected chi connectivity index (χ0v) is 25.1. The van der Waals surface area contributed by atoms with E-state index in [-0.39, 0.29) is 5.75 Å². The van der Waals surface area contributed by atoms with Crippen LogP contribution < -0.4 is 9.88 Å².